The fourth-order valence-corrected chi connectivity index (χ4v) is 2.68. The SMILES string of the molecule is C[N+](C)(C)CC1CC(O)CN1c1ccc(N)cc1. The molecule has 1 fully saturated rings. The molecule has 0 aromatic heterocycles. The van der Waals surface area contributed by atoms with E-state index < -0.39 is 0 Å². The molecule has 2 rings (SSSR count). The smallest absolute Gasteiger partial charge is 0.0988 e. The van der Waals surface area contributed by atoms with Gasteiger partial charge >= 0.3 is 0 Å². The molecule has 0 aliphatic carbocycles. The monoisotopic (exact) mass is 250 g/mol. The Hall–Kier alpha value is -1.26. The molecule has 0 radical (unpaired) electrons. The average Bonchev–Trinajstić information content (AvgIpc) is 2.58. The number of anilines is 2. The number of nitrogens with two attached hydrogens (primary N) is 1. The standard InChI is InChI=1S/C14H24N3O/c1-17(2,3)10-13-8-14(18)9-16(13)12-6-4-11(15)5-7-12/h4-7,13-14,18H,8-10,15H2,1-3H3/q+1. The van der Waals surface area contributed by atoms with Gasteiger partial charge in [-0.05, 0) is 24.3 Å². The predicted molar refractivity (Wildman–Crippen MR) is 75.5 cm³/mol. The molecule has 1 aliphatic rings. The molecule has 0 bridgehead atoms. The minimum atomic E-state index is -0.223. The van der Waals surface area contributed by atoms with Crippen molar-refractivity contribution in [2.24, 2.45) is 0 Å². The third-order valence-corrected chi connectivity index (χ3v) is 3.38. The van der Waals surface area contributed by atoms with Gasteiger partial charge in [-0.2, -0.15) is 0 Å². The first kappa shape index (κ1) is 13.2. The van der Waals surface area contributed by atoms with E-state index in [9.17, 15) is 5.11 Å². The minimum Gasteiger partial charge on any atom is -0.399 e. The maximum atomic E-state index is 9.91. The number of likely N-dealkylation sites (N-methyl/N-ethyl adjacent to an activating group) is 1. The van der Waals surface area contributed by atoms with Crippen LogP contribution in [-0.2, 0) is 0 Å². The van der Waals surface area contributed by atoms with E-state index >= 15 is 0 Å². The van der Waals surface area contributed by atoms with Crippen molar-refractivity contribution in [2.45, 2.75) is 18.6 Å². The Kier molecular flexibility index (Phi) is 3.50. The van der Waals surface area contributed by atoms with Gasteiger partial charge in [-0.3, -0.25) is 0 Å². The van der Waals surface area contributed by atoms with E-state index in [1.54, 1.807) is 0 Å². The molecule has 0 spiro atoms. The molecule has 1 aromatic carbocycles. The summed E-state index contributed by atoms with van der Waals surface area (Å²) in [6, 6.07) is 8.31. The molecule has 0 amide bonds. The Balaban J connectivity index is 2.16. The van der Waals surface area contributed by atoms with Crippen LogP contribution in [0.3, 0.4) is 0 Å². The van der Waals surface area contributed by atoms with Crippen LogP contribution in [0, 0.1) is 0 Å². The maximum absolute atomic E-state index is 9.91. The Morgan fingerprint density at radius 3 is 2.44 bits per heavy atom. The molecule has 1 saturated heterocycles. The molecular formula is C14H24N3O+. The number of β-amino-alcohol motifs (C(OH)–C–C–N with tert-alkyl or cyclic N) is 1. The largest absolute Gasteiger partial charge is 0.399 e. The minimum absolute atomic E-state index is 0.223. The van der Waals surface area contributed by atoms with Gasteiger partial charge in [-0.25, -0.2) is 0 Å². The fourth-order valence-electron chi connectivity index (χ4n) is 2.68. The van der Waals surface area contributed by atoms with Gasteiger partial charge in [0.2, 0.25) is 0 Å². The Bertz CT molecular complexity index is 396. The van der Waals surface area contributed by atoms with E-state index in [4.69, 9.17) is 5.73 Å². The zero-order valence-corrected chi connectivity index (χ0v) is 11.5. The van der Waals surface area contributed by atoms with Gasteiger partial charge in [-0.15, -0.1) is 0 Å². The van der Waals surface area contributed by atoms with Crippen molar-refractivity contribution in [1.29, 1.82) is 0 Å². The van der Waals surface area contributed by atoms with Crippen LogP contribution in [0.1, 0.15) is 6.42 Å². The molecule has 3 N–H and O–H groups in total. The third-order valence-electron chi connectivity index (χ3n) is 3.38. The van der Waals surface area contributed by atoms with Crippen LogP contribution in [0.25, 0.3) is 0 Å². The second-order valence-corrected chi connectivity index (χ2v) is 6.26. The lowest BCUT2D eigenvalue weighted by Gasteiger charge is -2.33. The van der Waals surface area contributed by atoms with Gasteiger partial charge in [0.1, 0.15) is 0 Å². The summed E-state index contributed by atoms with van der Waals surface area (Å²) in [5.74, 6) is 0. The van der Waals surface area contributed by atoms with Crippen molar-refractivity contribution < 1.29 is 9.59 Å². The lowest BCUT2D eigenvalue weighted by atomic mass is 10.1. The lowest BCUT2D eigenvalue weighted by molar-refractivity contribution is -0.871. The zero-order chi connectivity index (χ0) is 13.3. The summed E-state index contributed by atoms with van der Waals surface area (Å²) in [4.78, 5) is 2.30. The molecule has 0 saturated carbocycles. The first-order valence-electron chi connectivity index (χ1n) is 6.46. The van der Waals surface area contributed by atoms with E-state index in [2.05, 4.69) is 26.0 Å². The maximum Gasteiger partial charge on any atom is 0.0988 e. The van der Waals surface area contributed by atoms with Gasteiger partial charge < -0.3 is 20.2 Å². The van der Waals surface area contributed by atoms with Crippen LogP contribution < -0.4 is 10.6 Å². The number of quaternary nitrogens is 1. The molecule has 4 heteroatoms. The number of hydrogen-bond acceptors (Lipinski definition) is 3. The van der Waals surface area contributed by atoms with Crippen molar-refractivity contribution in [3.8, 4) is 0 Å². The van der Waals surface area contributed by atoms with E-state index in [0.717, 1.165) is 28.8 Å². The number of nitrogen functional groups attached to an aromatic ring is 1. The zero-order valence-electron chi connectivity index (χ0n) is 11.5. The first-order valence-corrected chi connectivity index (χ1v) is 6.46. The molecule has 1 aromatic rings. The number of rotatable bonds is 3. The highest BCUT2D eigenvalue weighted by Gasteiger charge is 2.34. The summed E-state index contributed by atoms with van der Waals surface area (Å²) in [5.41, 5.74) is 7.65. The van der Waals surface area contributed by atoms with Crippen molar-refractivity contribution in [3.05, 3.63) is 24.3 Å². The summed E-state index contributed by atoms with van der Waals surface area (Å²) in [5, 5.41) is 9.91. The molecular weight excluding hydrogens is 226 g/mol. The van der Waals surface area contributed by atoms with E-state index in [1.807, 2.05) is 24.3 Å². The predicted octanol–water partition coefficient (Wildman–Crippen LogP) is 0.915. The molecule has 1 heterocycles. The van der Waals surface area contributed by atoms with Crippen molar-refractivity contribution in [3.63, 3.8) is 0 Å². The number of aliphatic hydroxyl groups excluding tert-OH is 1. The third kappa shape index (κ3) is 3.15. The van der Waals surface area contributed by atoms with E-state index in [-0.39, 0.29) is 6.10 Å². The summed E-state index contributed by atoms with van der Waals surface area (Å²) < 4.78 is 0.906. The summed E-state index contributed by atoms with van der Waals surface area (Å²) in [7, 11) is 6.56. The number of benzene rings is 1. The Labute approximate surface area is 109 Å². The highest BCUT2D eigenvalue weighted by Crippen LogP contribution is 2.27. The topological polar surface area (TPSA) is 49.5 Å². The van der Waals surface area contributed by atoms with Gasteiger partial charge in [0.15, 0.2) is 0 Å². The average molecular weight is 250 g/mol. The summed E-state index contributed by atoms with van der Waals surface area (Å²) in [6.45, 7) is 1.75. The van der Waals surface area contributed by atoms with Crippen LogP contribution in [0.5, 0.6) is 0 Å². The molecule has 2 atom stereocenters. The normalized spacial score (nSPS) is 24.6. The molecule has 4 nitrogen and oxygen atoms in total. The van der Waals surface area contributed by atoms with Crippen LogP contribution in [0.4, 0.5) is 11.4 Å². The fraction of sp³-hybridized carbons (Fsp3) is 0.571. The van der Waals surface area contributed by atoms with E-state index in [0.29, 0.717) is 12.6 Å². The van der Waals surface area contributed by atoms with Gasteiger partial charge in [0.25, 0.3) is 0 Å². The highest BCUT2D eigenvalue weighted by atomic mass is 16.3. The second-order valence-electron chi connectivity index (χ2n) is 6.26. The van der Waals surface area contributed by atoms with Crippen molar-refractivity contribution >= 4 is 11.4 Å². The molecule has 18 heavy (non-hydrogen) atoms. The van der Waals surface area contributed by atoms with Crippen LogP contribution >= 0.6 is 0 Å². The van der Waals surface area contributed by atoms with Crippen molar-refractivity contribution in [2.75, 3.05) is 44.9 Å². The molecule has 100 valence electrons. The van der Waals surface area contributed by atoms with Gasteiger partial charge in [0.05, 0.1) is 39.8 Å². The Morgan fingerprint density at radius 2 is 1.89 bits per heavy atom. The number of aliphatic hydroxyl groups is 1. The lowest BCUT2D eigenvalue weighted by Crippen LogP contribution is -2.46. The number of hydrogen-bond donors (Lipinski definition) is 2. The Morgan fingerprint density at radius 1 is 1.28 bits per heavy atom. The second kappa shape index (κ2) is 4.78. The summed E-state index contributed by atoms with van der Waals surface area (Å²) >= 11 is 0. The molecule has 1 aliphatic heterocycles. The van der Waals surface area contributed by atoms with Crippen LogP contribution in [-0.4, -0.2) is 56.0 Å². The number of nitrogens with zero attached hydrogens (tertiary/aromatic N) is 2. The highest BCUT2D eigenvalue weighted by molar-refractivity contribution is 5.54. The first-order chi connectivity index (χ1) is 8.35. The van der Waals surface area contributed by atoms with Crippen LogP contribution in [0.15, 0.2) is 24.3 Å². The van der Waals surface area contributed by atoms with Gasteiger partial charge in [0, 0.05) is 24.3 Å². The molecule has 2 unspecified atom stereocenters. The van der Waals surface area contributed by atoms with Crippen molar-refractivity contribution in [1.82, 2.24) is 0 Å². The quantitative estimate of drug-likeness (QED) is 0.619. The van der Waals surface area contributed by atoms with Gasteiger partial charge in [-0.1, -0.05) is 0 Å². The van der Waals surface area contributed by atoms with Crippen LogP contribution in [0.2, 0.25) is 0 Å². The summed E-state index contributed by atoms with van der Waals surface area (Å²) in [6.07, 6.45) is 0.624. The van der Waals surface area contributed by atoms with E-state index in [1.165, 1.54) is 0 Å².